The molecule has 0 aliphatic carbocycles. The summed E-state index contributed by atoms with van der Waals surface area (Å²) >= 11 is 6.50. The zero-order chi connectivity index (χ0) is 46.4. The molecule has 66 heavy (non-hydrogen) atoms. The van der Waals surface area contributed by atoms with Crippen LogP contribution in [0, 0.1) is 23.7 Å². The summed E-state index contributed by atoms with van der Waals surface area (Å²) in [5.74, 6) is 11.2. The van der Waals surface area contributed by atoms with E-state index in [-0.39, 0.29) is 24.2 Å². The van der Waals surface area contributed by atoms with E-state index in [1.807, 2.05) is 54.6 Å². The molecule has 1 unspecified atom stereocenters. The molecule has 5 heterocycles. The minimum Gasteiger partial charge on any atom is -0.370 e. The van der Waals surface area contributed by atoms with Gasteiger partial charge in [-0.3, -0.25) is 29.4 Å². The highest BCUT2D eigenvalue weighted by Crippen LogP contribution is 2.39. The number of halogens is 1. The Hall–Kier alpha value is -6.22. The highest BCUT2D eigenvalue weighted by Gasteiger charge is 2.40. The lowest BCUT2D eigenvalue weighted by atomic mass is 10.0. The first-order valence-corrected chi connectivity index (χ1v) is 25.4. The summed E-state index contributed by atoms with van der Waals surface area (Å²) in [6.07, 6.45) is 5.75. The number of fused-ring (bicyclic) bond motifs is 1. The average Bonchev–Trinajstić information content (AvgIpc) is 3.63. The van der Waals surface area contributed by atoms with Gasteiger partial charge in [0.25, 0.3) is 11.8 Å². The van der Waals surface area contributed by atoms with Crippen molar-refractivity contribution in [3.05, 3.63) is 88.6 Å². The third kappa shape index (κ3) is 10.9. The molecule has 15 nitrogen and oxygen atoms in total. The second kappa shape index (κ2) is 20.5. The summed E-state index contributed by atoms with van der Waals surface area (Å²) in [6.45, 7) is 12.1. The molecule has 4 aromatic rings. The predicted molar refractivity (Wildman–Crippen MR) is 260 cm³/mol. The molecule has 342 valence electrons. The van der Waals surface area contributed by atoms with E-state index in [0.717, 1.165) is 88.3 Å². The SMILES string of the molecule is CC#CC(=O)Nc1cc(Nc2ncc(Cl)c(Nc3ccccc3P(C)(C)=O)n2)ccc1N1CCC(N2CCN(CCCC#Cc3cccc4c3CN(C3CCC(=O)NC3=O)C4=O)CC2)CC1. The minimum absolute atomic E-state index is 0.188. The van der Waals surface area contributed by atoms with Crippen LogP contribution in [0.1, 0.15) is 66.9 Å². The van der Waals surface area contributed by atoms with Gasteiger partial charge in [0.2, 0.25) is 17.8 Å². The molecule has 4 aliphatic heterocycles. The van der Waals surface area contributed by atoms with E-state index in [0.29, 0.717) is 57.8 Å². The number of hydrogen-bond donors (Lipinski definition) is 4. The Morgan fingerprint density at radius 2 is 1.73 bits per heavy atom. The second-order valence-corrected chi connectivity index (χ2v) is 20.9. The molecule has 0 bridgehead atoms. The number of aromatic nitrogens is 2. The number of unbranched alkanes of at least 4 members (excludes halogenated alkanes) is 1. The van der Waals surface area contributed by atoms with Gasteiger partial charge in [-0.05, 0) is 106 Å². The molecule has 3 aromatic carbocycles. The van der Waals surface area contributed by atoms with Gasteiger partial charge in [-0.15, -0.1) is 0 Å². The van der Waals surface area contributed by atoms with Crippen molar-refractivity contribution in [1.29, 1.82) is 0 Å². The number of anilines is 6. The molecule has 4 amide bonds. The van der Waals surface area contributed by atoms with E-state index in [1.54, 1.807) is 31.2 Å². The lowest BCUT2D eigenvalue weighted by Crippen LogP contribution is -2.53. The zero-order valence-electron chi connectivity index (χ0n) is 37.5. The maximum absolute atomic E-state index is 13.2. The van der Waals surface area contributed by atoms with Gasteiger partial charge in [0.05, 0.1) is 23.3 Å². The fourth-order valence-corrected chi connectivity index (χ4v) is 10.4. The molecular weight excluding hydrogens is 875 g/mol. The Bertz CT molecular complexity index is 2710. The summed E-state index contributed by atoms with van der Waals surface area (Å²) in [7, 11) is -2.59. The molecule has 1 atom stereocenters. The summed E-state index contributed by atoms with van der Waals surface area (Å²) in [5, 5.41) is 12.8. The number of benzene rings is 3. The van der Waals surface area contributed by atoms with Gasteiger partial charge in [0.15, 0.2) is 5.82 Å². The first-order chi connectivity index (χ1) is 31.8. The van der Waals surface area contributed by atoms with Crippen LogP contribution < -0.4 is 31.5 Å². The van der Waals surface area contributed by atoms with Crippen LogP contribution >= 0.6 is 18.7 Å². The lowest BCUT2D eigenvalue weighted by Gasteiger charge is -2.43. The van der Waals surface area contributed by atoms with E-state index < -0.39 is 25.0 Å². The average molecular weight is 929 g/mol. The van der Waals surface area contributed by atoms with Gasteiger partial charge in [-0.2, -0.15) is 4.98 Å². The molecule has 0 saturated carbocycles. The number of piperazine rings is 1. The van der Waals surface area contributed by atoms with Crippen molar-refractivity contribution in [3.63, 3.8) is 0 Å². The van der Waals surface area contributed by atoms with E-state index in [1.165, 1.54) is 6.20 Å². The van der Waals surface area contributed by atoms with Crippen molar-refractivity contribution in [2.75, 3.05) is 80.0 Å². The summed E-state index contributed by atoms with van der Waals surface area (Å²) in [5.41, 5.74) is 5.11. The van der Waals surface area contributed by atoms with E-state index in [2.05, 4.69) is 69.6 Å². The highest BCUT2D eigenvalue weighted by atomic mass is 35.5. The third-order valence-corrected chi connectivity index (χ3v) is 14.4. The first kappa shape index (κ1) is 46.3. The molecule has 0 radical (unpaired) electrons. The van der Waals surface area contributed by atoms with Crippen molar-refractivity contribution >= 4 is 82.2 Å². The van der Waals surface area contributed by atoms with Crippen LogP contribution in [0.2, 0.25) is 5.02 Å². The summed E-state index contributed by atoms with van der Waals surface area (Å²) < 4.78 is 13.0. The number of carbonyl (C=O) groups is 4. The lowest BCUT2D eigenvalue weighted by molar-refractivity contribution is -0.137. The van der Waals surface area contributed by atoms with Crippen LogP contribution in [0.5, 0.6) is 0 Å². The van der Waals surface area contributed by atoms with Gasteiger partial charge in [-0.1, -0.05) is 47.6 Å². The Labute approximate surface area is 390 Å². The number of hydrogen-bond acceptors (Lipinski definition) is 12. The first-order valence-electron chi connectivity index (χ1n) is 22.4. The Kier molecular flexibility index (Phi) is 14.4. The Morgan fingerprint density at radius 3 is 2.48 bits per heavy atom. The van der Waals surface area contributed by atoms with E-state index in [4.69, 9.17) is 11.6 Å². The van der Waals surface area contributed by atoms with Gasteiger partial charge in [0, 0.05) is 86.8 Å². The monoisotopic (exact) mass is 928 g/mol. The topological polar surface area (TPSA) is 172 Å². The number of rotatable bonds is 12. The number of carbonyl (C=O) groups excluding carboxylic acids is 4. The molecule has 8 rings (SSSR count). The van der Waals surface area contributed by atoms with Gasteiger partial charge in [0.1, 0.15) is 18.2 Å². The maximum Gasteiger partial charge on any atom is 0.300 e. The molecule has 3 saturated heterocycles. The molecule has 4 N–H and O–H groups in total. The van der Waals surface area contributed by atoms with Gasteiger partial charge >= 0.3 is 0 Å². The molecule has 0 spiro atoms. The van der Waals surface area contributed by atoms with Crippen LogP contribution in [0.4, 0.5) is 34.5 Å². The van der Waals surface area contributed by atoms with Gasteiger partial charge in [-0.25, -0.2) is 4.98 Å². The third-order valence-electron chi connectivity index (χ3n) is 12.5. The Balaban J connectivity index is 0.822. The van der Waals surface area contributed by atoms with E-state index in [9.17, 15) is 23.7 Å². The van der Waals surface area contributed by atoms with Crippen molar-refractivity contribution in [2.45, 2.75) is 64.1 Å². The fraction of sp³-hybridized carbons (Fsp3) is 0.388. The smallest absolute Gasteiger partial charge is 0.300 e. The highest BCUT2D eigenvalue weighted by molar-refractivity contribution is 7.70. The zero-order valence-corrected chi connectivity index (χ0v) is 39.1. The van der Waals surface area contributed by atoms with Crippen molar-refractivity contribution < 1.29 is 23.7 Å². The van der Waals surface area contributed by atoms with Crippen LogP contribution in [0.25, 0.3) is 0 Å². The summed E-state index contributed by atoms with van der Waals surface area (Å²) in [6, 6.07) is 18.6. The number of nitrogens with zero attached hydrogens (tertiary/aromatic N) is 6. The molecule has 3 fully saturated rings. The number of piperidine rings is 2. The van der Waals surface area contributed by atoms with Crippen LogP contribution in [0.15, 0.2) is 66.9 Å². The van der Waals surface area contributed by atoms with Crippen molar-refractivity contribution in [3.8, 4) is 23.7 Å². The maximum atomic E-state index is 13.2. The number of para-hydroxylation sites is 1. The number of imide groups is 1. The number of amides is 4. The fourth-order valence-electron chi connectivity index (χ4n) is 9.15. The second-order valence-electron chi connectivity index (χ2n) is 17.3. The van der Waals surface area contributed by atoms with Gasteiger partial charge < -0.3 is 35.2 Å². The normalized spacial score (nSPS) is 18.1. The summed E-state index contributed by atoms with van der Waals surface area (Å²) in [4.78, 5) is 68.1. The molecule has 4 aliphatic rings. The van der Waals surface area contributed by atoms with E-state index >= 15 is 0 Å². The molecule has 1 aromatic heterocycles. The van der Waals surface area contributed by atoms with Crippen LogP contribution in [-0.4, -0.2) is 120 Å². The van der Waals surface area contributed by atoms with Crippen LogP contribution in [0.3, 0.4) is 0 Å². The standard InChI is InChI=1S/C49H54ClN10O5P/c1-4-11-44(61)53-40-30-34(52-49-51-31-38(50)46(56-49)54-39-15-7-8-16-43(39)66(2,3)65)17-18-41(40)59-24-21-35(22-25-59)58-28-26-57(27-29-58)23-9-5-6-12-33-13-10-14-36-37(33)32-60(48(36)64)42-19-20-45(62)55-47(42)63/h7-8,10,13-18,30-31,35,42H,5,9,19-29,32H2,1-3H3,(H,53,61)(H,55,62,63)(H2,51,52,54,56). The van der Waals surface area contributed by atoms with Crippen molar-refractivity contribution in [1.82, 2.24) is 30.0 Å². The molecule has 17 heteroatoms. The predicted octanol–water partition coefficient (Wildman–Crippen LogP) is 6.01. The Morgan fingerprint density at radius 1 is 0.939 bits per heavy atom. The molecular formula is C49H54ClN10O5P. The minimum atomic E-state index is -2.59. The quantitative estimate of drug-likeness (QED) is 0.0566. The van der Waals surface area contributed by atoms with Crippen LogP contribution in [-0.2, 0) is 25.5 Å². The largest absolute Gasteiger partial charge is 0.370 e. The van der Waals surface area contributed by atoms with Crippen molar-refractivity contribution in [2.24, 2.45) is 0 Å². The number of nitrogens with one attached hydrogen (secondary N) is 4.